The second-order valence-electron chi connectivity index (χ2n) is 3.18. The van der Waals surface area contributed by atoms with Crippen LogP contribution in [0.2, 0.25) is 0 Å². The third-order valence-electron chi connectivity index (χ3n) is 2.00. The molecule has 0 aliphatic carbocycles. The minimum absolute atomic E-state index is 0.346. The van der Waals surface area contributed by atoms with Crippen LogP contribution >= 0.6 is 0 Å². The van der Waals surface area contributed by atoms with E-state index in [4.69, 9.17) is 10.6 Å². The van der Waals surface area contributed by atoms with Crippen LogP contribution in [0.5, 0.6) is 0 Å². The Balaban J connectivity index is 2.68. The Morgan fingerprint density at radius 3 is 2.53 bits per heavy atom. The summed E-state index contributed by atoms with van der Waals surface area (Å²) >= 11 is 0. The van der Waals surface area contributed by atoms with Gasteiger partial charge in [0.1, 0.15) is 0 Å². The van der Waals surface area contributed by atoms with E-state index in [-0.39, 0.29) is 5.91 Å². The Kier molecular flexibility index (Phi) is 4.90. The number of esters is 1. The van der Waals surface area contributed by atoms with Gasteiger partial charge in [0.05, 0.1) is 6.61 Å². The maximum Gasteiger partial charge on any atom is 0.330 e. The number of hydrazine groups is 1. The van der Waals surface area contributed by atoms with Crippen LogP contribution in [0.15, 0.2) is 30.3 Å². The summed E-state index contributed by atoms with van der Waals surface area (Å²) in [6.45, 7) is 2.09. The molecule has 0 spiro atoms. The van der Waals surface area contributed by atoms with Gasteiger partial charge in [-0.05, 0) is 30.7 Å². The van der Waals surface area contributed by atoms with Gasteiger partial charge in [-0.1, -0.05) is 12.1 Å². The molecule has 0 aromatic heterocycles. The molecule has 0 unspecified atom stereocenters. The summed E-state index contributed by atoms with van der Waals surface area (Å²) in [7, 11) is 0. The van der Waals surface area contributed by atoms with Crippen molar-refractivity contribution >= 4 is 18.0 Å². The van der Waals surface area contributed by atoms with Crippen LogP contribution < -0.4 is 11.3 Å². The van der Waals surface area contributed by atoms with Gasteiger partial charge in [0, 0.05) is 11.6 Å². The molecular formula is C12H14N2O3. The van der Waals surface area contributed by atoms with Crippen LogP contribution in [0.1, 0.15) is 22.8 Å². The molecule has 0 heterocycles. The zero-order chi connectivity index (χ0) is 12.7. The number of hydrogen-bond acceptors (Lipinski definition) is 4. The molecule has 17 heavy (non-hydrogen) atoms. The van der Waals surface area contributed by atoms with Gasteiger partial charge in [-0.15, -0.1) is 0 Å². The summed E-state index contributed by atoms with van der Waals surface area (Å²) in [5, 5.41) is 0. The van der Waals surface area contributed by atoms with E-state index in [1.165, 1.54) is 6.08 Å². The van der Waals surface area contributed by atoms with Gasteiger partial charge in [-0.3, -0.25) is 10.2 Å². The maximum atomic E-state index is 11.1. The van der Waals surface area contributed by atoms with E-state index in [1.54, 1.807) is 37.3 Å². The van der Waals surface area contributed by atoms with Crippen molar-refractivity contribution < 1.29 is 14.3 Å². The number of ether oxygens (including phenoxy) is 1. The SMILES string of the molecule is CCOC(=O)/C=C/c1ccc(C(=O)NN)cc1. The Morgan fingerprint density at radius 1 is 1.35 bits per heavy atom. The van der Waals surface area contributed by atoms with Gasteiger partial charge < -0.3 is 4.74 Å². The monoisotopic (exact) mass is 234 g/mol. The van der Waals surface area contributed by atoms with Crippen LogP contribution in [-0.2, 0) is 9.53 Å². The Hall–Kier alpha value is -2.14. The lowest BCUT2D eigenvalue weighted by Gasteiger charge is -1.99. The smallest absolute Gasteiger partial charge is 0.330 e. The normalized spacial score (nSPS) is 10.2. The third-order valence-corrected chi connectivity index (χ3v) is 2.00. The van der Waals surface area contributed by atoms with E-state index in [9.17, 15) is 9.59 Å². The first-order chi connectivity index (χ1) is 8.17. The summed E-state index contributed by atoms with van der Waals surface area (Å²) in [6, 6.07) is 6.65. The average Bonchev–Trinajstić information content (AvgIpc) is 2.36. The van der Waals surface area contributed by atoms with Crippen molar-refractivity contribution in [3.8, 4) is 0 Å². The molecule has 0 saturated heterocycles. The van der Waals surface area contributed by atoms with E-state index in [1.807, 2.05) is 5.43 Å². The van der Waals surface area contributed by atoms with Crippen molar-refractivity contribution in [2.75, 3.05) is 6.61 Å². The van der Waals surface area contributed by atoms with Gasteiger partial charge >= 0.3 is 5.97 Å². The van der Waals surface area contributed by atoms with Crippen molar-refractivity contribution in [1.29, 1.82) is 0 Å². The second kappa shape index (κ2) is 6.44. The van der Waals surface area contributed by atoms with Gasteiger partial charge in [0.25, 0.3) is 5.91 Å². The predicted octanol–water partition coefficient (Wildman–Crippen LogP) is 0.866. The fourth-order valence-corrected chi connectivity index (χ4v) is 1.18. The highest BCUT2D eigenvalue weighted by Gasteiger charge is 2.01. The Bertz CT molecular complexity index is 424. The van der Waals surface area contributed by atoms with Crippen molar-refractivity contribution in [3.05, 3.63) is 41.5 Å². The highest BCUT2D eigenvalue weighted by molar-refractivity contribution is 5.94. The standard InChI is InChI=1S/C12H14N2O3/c1-2-17-11(15)8-5-9-3-6-10(7-4-9)12(16)14-13/h3-8H,2,13H2,1H3,(H,14,16)/b8-5+. The molecule has 1 aromatic carbocycles. The van der Waals surface area contributed by atoms with Gasteiger partial charge in [-0.25, -0.2) is 10.6 Å². The molecule has 0 saturated carbocycles. The summed E-state index contributed by atoms with van der Waals surface area (Å²) in [5.74, 6) is 4.25. The molecule has 1 rings (SSSR count). The topological polar surface area (TPSA) is 81.4 Å². The van der Waals surface area contributed by atoms with Crippen LogP contribution in [0, 0.1) is 0 Å². The molecule has 0 aliphatic rings. The van der Waals surface area contributed by atoms with Crippen LogP contribution in [0.4, 0.5) is 0 Å². The van der Waals surface area contributed by atoms with Gasteiger partial charge in [0.2, 0.25) is 0 Å². The molecule has 0 radical (unpaired) electrons. The summed E-state index contributed by atoms with van der Waals surface area (Å²) < 4.78 is 4.74. The molecule has 5 heteroatoms. The molecule has 0 bridgehead atoms. The van der Waals surface area contributed by atoms with Gasteiger partial charge in [-0.2, -0.15) is 0 Å². The second-order valence-corrected chi connectivity index (χ2v) is 3.18. The number of carbonyl (C=O) groups excluding carboxylic acids is 2. The lowest BCUT2D eigenvalue weighted by molar-refractivity contribution is -0.137. The summed E-state index contributed by atoms with van der Waals surface area (Å²) in [6.07, 6.45) is 2.95. The highest BCUT2D eigenvalue weighted by Crippen LogP contribution is 2.06. The minimum atomic E-state index is -0.392. The van der Waals surface area contributed by atoms with Crippen molar-refractivity contribution in [2.24, 2.45) is 5.84 Å². The van der Waals surface area contributed by atoms with Crippen LogP contribution in [0.25, 0.3) is 6.08 Å². The van der Waals surface area contributed by atoms with Crippen molar-refractivity contribution in [1.82, 2.24) is 5.43 Å². The number of nitrogen functional groups attached to an aromatic ring is 1. The fraction of sp³-hybridized carbons (Fsp3) is 0.167. The van der Waals surface area contributed by atoms with Gasteiger partial charge in [0.15, 0.2) is 0 Å². The zero-order valence-electron chi connectivity index (χ0n) is 9.47. The molecule has 5 nitrogen and oxygen atoms in total. The molecule has 1 aromatic rings. The number of amides is 1. The number of nitrogens with two attached hydrogens (primary N) is 1. The largest absolute Gasteiger partial charge is 0.463 e. The molecule has 0 atom stereocenters. The maximum absolute atomic E-state index is 11.1. The van der Waals surface area contributed by atoms with Crippen molar-refractivity contribution in [3.63, 3.8) is 0 Å². The van der Waals surface area contributed by atoms with Crippen LogP contribution in [-0.4, -0.2) is 18.5 Å². The first-order valence-electron chi connectivity index (χ1n) is 5.13. The molecule has 0 aliphatic heterocycles. The number of rotatable bonds is 4. The molecule has 3 N–H and O–H groups in total. The Morgan fingerprint density at radius 2 is 2.00 bits per heavy atom. The van der Waals surface area contributed by atoms with E-state index >= 15 is 0 Å². The molecular weight excluding hydrogens is 220 g/mol. The Labute approximate surface area is 99.2 Å². The minimum Gasteiger partial charge on any atom is -0.463 e. The summed E-state index contributed by atoms with van der Waals surface area (Å²) in [4.78, 5) is 22.2. The molecule has 1 amide bonds. The number of carbonyl (C=O) groups is 2. The average molecular weight is 234 g/mol. The van der Waals surface area contributed by atoms with E-state index in [2.05, 4.69) is 0 Å². The van der Waals surface area contributed by atoms with Crippen molar-refractivity contribution in [2.45, 2.75) is 6.92 Å². The lowest BCUT2D eigenvalue weighted by atomic mass is 10.1. The molecule has 90 valence electrons. The summed E-state index contributed by atoms with van der Waals surface area (Å²) in [5.41, 5.74) is 3.29. The quantitative estimate of drug-likeness (QED) is 0.266. The van der Waals surface area contributed by atoms with E-state index < -0.39 is 5.97 Å². The number of nitrogens with one attached hydrogen (secondary N) is 1. The van der Waals surface area contributed by atoms with E-state index in [0.29, 0.717) is 12.2 Å². The first kappa shape index (κ1) is 12.9. The number of benzene rings is 1. The van der Waals surface area contributed by atoms with Crippen LogP contribution in [0.3, 0.4) is 0 Å². The molecule has 0 fully saturated rings. The third kappa shape index (κ3) is 4.08. The number of hydrogen-bond donors (Lipinski definition) is 2. The highest BCUT2D eigenvalue weighted by atomic mass is 16.5. The first-order valence-corrected chi connectivity index (χ1v) is 5.13. The lowest BCUT2D eigenvalue weighted by Crippen LogP contribution is -2.29. The predicted molar refractivity (Wildman–Crippen MR) is 63.8 cm³/mol. The zero-order valence-corrected chi connectivity index (χ0v) is 9.47. The van der Waals surface area contributed by atoms with E-state index in [0.717, 1.165) is 5.56 Å². The fourth-order valence-electron chi connectivity index (χ4n) is 1.18.